The largest absolute Gasteiger partial charge is 0.494 e. The zero-order chi connectivity index (χ0) is 25.7. The summed E-state index contributed by atoms with van der Waals surface area (Å²) in [5, 5.41) is 11.4. The number of nitrogens with zero attached hydrogens (tertiary/aromatic N) is 4. The zero-order valence-corrected chi connectivity index (χ0v) is 20.4. The van der Waals surface area contributed by atoms with E-state index in [0.29, 0.717) is 23.3 Å². The van der Waals surface area contributed by atoms with Gasteiger partial charge in [-0.2, -0.15) is 13.2 Å². The molecular weight excluding hydrogens is 515 g/mol. The quantitative estimate of drug-likeness (QED) is 0.274. The van der Waals surface area contributed by atoms with Crippen molar-refractivity contribution in [2.75, 3.05) is 17.7 Å². The standard InChI is InChI=1S/C24H19ClF3N5O2S/c1-2-35-18-6-4-17(5-7-18)33-22(15-9-11-29-12-10-15)31-32-23(33)36-14-21(34)30-20-13-16(24(26,27)28)3-8-19(20)25/h3-13H,2,14H2,1H3,(H,30,34). The summed E-state index contributed by atoms with van der Waals surface area (Å²) in [4.78, 5) is 16.6. The van der Waals surface area contributed by atoms with Gasteiger partial charge in [-0.25, -0.2) is 0 Å². The Morgan fingerprint density at radius 1 is 1.08 bits per heavy atom. The number of aromatic nitrogens is 4. The first-order chi connectivity index (χ1) is 17.3. The monoisotopic (exact) mass is 533 g/mol. The van der Waals surface area contributed by atoms with Crippen molar-refractivity contribution < 1.29 is 22.7 Å². The van der Waals surface area contributed by atoms with Crippen LogP contribution in [0.3, 0.4) is 0 Å². The smallest absolute Gasteiger partial charge is 0.416 e. The van der Waals surface area contributed by atoms with Gasteiger partial charge in [0.2, 0.25) is 5.91 Å². The minimum absolute atomic E-state index is 0.00104. The Labute approximate surface area is 213 Å². The number of nitrogens with one attached hydrogen (secondary N) is 1. The third kappa shape index (κ3) is 5.97. The molecule has 0 saturated heterocycles. The molecule has 1 amide bonds. The van der Waals surface area contributed by atoms with Gasteiger partial charge in [-0.15, -0.1) is 10.2 Å². The van der Waals surface area contributed by atoms with Gasteiger partial charge in [-0.1, -0.05) is 23.4 Å². The lowest BCUT2D eigenvalue weighted by Crippen LogP contribution is -2.16. The molecular formula is C24H19ClF3N5O2S. The summed E-state index contributed by atoms with van der Waals surface area (Å²) in [6.45, 7) is 2.42. The Hall–Kier alpha value is -3.57. The van der Waals surface area contributed by atoms with Crippen molar-refractivity contribution in [3.8, 4) is 22.8 Å². The predicted octanol–water partition coefficient (Wildman–Crippen LogP) is 6.13. The number of hydrogen-bond donors (Lipinski definition) is 1. The molecule has 0 aliphatic carbocycles. The van der Waals surface area contributed by atoms with Crippen molar-refractivity contribution in [2.45, 2.75) is 18.3 Å². The molecule has 0 saturated carbocycles. The van der Waals surface area contributed by atoms with Crippen LogP contribution in [0.4, 0.5) is 18.9 Å². The Morgan fingerprint density at radius 2 is 1.81 bits per heavy atom. The summed E-state index contributed by atoms with van der Waals surface area (Å²) < 4.78 is 46.4. The molecule has 4 rings (SSSR count). The lowest BCUT2D eigenvalue weighted by atomic mass is 10.2. The van der Waals surface area contributed by atoms with Crippen LogP contribution in [0.25, 0.3) is 17.1 Å². The number of halogens is 4. The highest BCUT2D eigenvalue weighted by Crippen LogP contribution is 2.34. The second-order valence-electron chi connectivity index (χ2n) is 7.33. The lowest BCUT2D eigenvalue weighted by Gasteiger charge is -2.13. The van der Waals surface area contributed by atoms with Crippen LogP contribution in [0.1, 0.15) is 12.5 Å². The van der Waals surface area contributed by atoms with Crippen LogP contribution in [0.5, 0.6) is 5.75 Å². The van der Waals surface area contributed by atoms with Crippen molar-refractivity contribution in [2.24, 2.45) is 0 Å². The van der Waals surface area contributed by atoms with Crippen molar-refractivity contribution in [1.29, 1.82) is 0 Å². The molecule has 0 aliphatic heterocycles. The van der Waals surface area contributed by atoms with E-state index in [1.807, 2.05) is 31.2 Å². The van der Waals surface area contributed by atoms with Crippen molar-refractivity contribution in [1.82, 2.24) is 19.7 Å². The van der Waals surface area contributed by atoms with Gasteiger partial charge in [-0.05, 0) is 61.5 Å². The molecule has 0 aliphatic rings. The molecule has 0 atom stereocenters. The van der Waals surface area contributed by atoms with Crippen molar-refractivity contribution in [3.63, 3.8) is 0 Å². The molecule has 2 heterocycles. The van der Waals surface area contributed by atoms with Crippen molar-refractivity contribution in [3.05, 3.63) is 77.6 Å². The Bertz CT molecular complexity index is 1350. The molecule has 0 spiro atoms. The number of thioether (sulfide) groups is 1. The van der Waals surface area contributed by atoms with Crippen LogP contribution in [0.15, 0.2) is 72.1 Å². The number of carbonyl (C=O) groups excluding carboxylic acids is 1. The van der Waals surface area contributed by atoms with Gasteiger partial charge in [0.25, 0.3) is 0 Å². The maximum absolute atomic E-state index is 13.0. The molecule has 186 valence electrons. The molecule has 12 heteroatoms. The van der Waals surface area contributed by atoms with E-state index in [9.17, 15) is 18.0 Å². The molecule has 0 fully saturated rings. The third-order valence-electron chi connectivity index (χ3n) is 4.88. The molecule has 0 bridgehead atoms. The summed E-state index contributed by atoms with van der Waals surface area (Å²) in [6.07, 6.45) is -1.30. The van der Waals surface area contributed by atoms with Crippen LogP contribution in [-0.4, -0.2) is 38.0 Å². The lowest BCUT2D eigenvalue weighted by molar-refractivity contribution is -0.137. The van der Waals surface area contributed by atoms with Gasteiger partial charge in [-0.3, -0.25) is 14.3 Å². The minimum atomic E-state index is -4.56. The fraction of sp³-hybridized carbons (Fsp3) is 0.167. The van der Waals surface area contributed by atoms with Crippen LogP contribution in [0.2, 0.25) is 5.02 Å². The first kappa shape index (κ1) is 25.5. The normalized spacial score (nSPS) is 11.4. The number of carbonyl (C=O) groups is 1. The van der Waals surface area contributed by atoms with E-state index in [2.05, 4.69) is 20.5 Å². The maximum atomic E-state index is 13.0. The van der Waals surface area contributed by atoms with E-state index in [1.54, 1.807) is 29.1 Å². The number of anilines is 1. The number of hydrogen-bond acceptors (Lipinski definition) is 6. The molecule has 2 aromatic carbocycles. The van der Waals surface area contributed by atoms with E-state index in [0.717, 1.165) is 41.2 Å². The summed E-state index contributed by atoms with van der Waals surface area (Å²) >= 11 is 7.07. The van der Waals surface area contributed by atoms with Crippen LogP contribution in [-0.2, 0) is 11.0 Å². The van der Waals surface area contributed by atoms with Gasteiger partial charge >= 0.3 is 6.18 Å². The minimum Gasteiger partial charge on any atom is -0.494 e. The fourth-order valence-corrected chi connectivity index (χ4v) is 4.17. The number of rotatable bonds is 8. The highest BCUT2D eigenvalue weighted by molar-refractivity contribution is 7.99. The first-order valence-electron chi connectivity index (χ1n) is 10.6. The molecule has 4 aromatic rings. The van der Waals surface area contributed by atoms with E-state index in [1.165, 1.54) is 0 Å². The Morgan fingerprint density at radius 3 is 2.47 bits per heavy atom. The average molecular weight is 534 g/mol. The van der Waals surface area contributed by atoms with Gasteiger partial charge in [0.15, 0.2) is 11.0 Å². The topological polar surface area (TPSA) is 81.9 Å². The number of amides is 1. The molecule has 2 aromatic heterocycles. The number of alkyl halides is 3. The number of ether oxygens (including phenoxy) is 1. The number of benzene rings is 2. The van der Waals surface area contributed by atoms with Gasteiger partial charge < -0.3 is 10.1 Å². The molecule has 7 nitrogen and oxygen atoms in total. The molecule has 0 radical (unpaired) electrons. The number of pyridine rings is 1. The summed E-state index contributed by atoms with van der Waals surface area (Å²) in [7, 11) is 0. The van der Waals surface area contributed by atoms with Gasteiger partial charge in [0, 0.05) is 23.6 Å². The van der Waals surface area contributed by atoms with E-state index >= 15 is 0 Å². The van der Waals surface area contributed by atoms with Crippen LogP contribution < -0.4 is 10.1 Å². The van der Waals surface area contributed by atoms with Crippen LogP contribution >= 0.6 is 23.4 Å². The Kier molecular flexibility index (Phi) is 7.80. The zero-order valence-electron chi connectivity index (χ0n) is 18.8. The Balaban J connectivity index is 1.57. The summed E-state index contributed by atoms with van der Waals surface area (Å²) in [6, 6.07) is 13.6. The molecule has 0 unspecified atom stereocenters. The van der Waals surface area contributed by atoms with Crippen LogP contribution in [0, 0.1) is 0 Å². The SMILES string of the molecule is CCOc1ccc(-n2c(SCC(=O)Nc3cc(C(F)(F)F)ccc3Cl)nnc2-c2ccncc2)cc1. The highest BCUT2D eigenvalue weighted by atomic mass is 35.5. The predicted molar refractivity (Wildman–Crippen MR) is 132 cm³/mol. The average Bonchev–Trinajstić information content (AvgIpc) is 3.29. The van der Waals surface area contributed by atoms with Gasteiger partial charge in [0.1, 0.15) is 5.75 Å². The second-order valence-corrected chi connectivity index (χ2v) is 8.68. The summed E-state index contributed by atoms with van der Waals surface area (Å²) in [5.74, 6) is 0.544. The highest BCUT2D eigenvalue weighted by Gasteiger charge is 2.31. The molecule has 36 heavy (non-hydrogen) atoms. The maximum Gasteiger partial charge on any atom is 0.416 e. The van der Waals surface area contributed by atoms with E-state index in [4.69, 9.17) is 16.3 Å². The second kappa shape index (κ2) is 11.0. The van der Waals surface area contributed by atoms with Gasteiger partial charge in [0.05, 0.1) is 28.6 Å². The van der Waals surface area contributed by atoms with Crippen molar-refractivity contribution >= 4 is 35.0 Å². The van der Waals surface area contributed by atoms with E-state index < -0.39 is 17.6 Å². The molecule has 1 N–H and O–H groups in total. The fourth-order valence-electron chi connectivity index (χ4n) is 3.26. The third-order valence-corrected chi connectivity index (χ3v) is 6.14. The first-order valence-corrected chi connectivity index (χ1v) is 12.0. The summed E-state index contributed by atoms with van der Waals surface area (Å²) in [5.41, 5.74) is 0.465. The van der Waals surface area contributed by atoms with E-state index in [-0.39, 0.29) is 16.5 Å².